The Morgan fingerprint density at radius 3 is 2.92 bits per heavy atom. The minimum Gasteiger partial charge on any atom is -0.369 e. The molecule has 0 bridgehead atoms. The van der Waals surface area contributed by atoms with Crippen LogP contribution in [0, 0.1) is 0 Å². The fraction of sp³-hybridized carbons (Fsp3) is 0.250. The molecule has 0 aromatic carbocycles. The van der Waals surface area contributed by atoms with Gasteiger partial charge in [-0.25, -0.2) is 0 Å². The zero-order chi connectivity index (χ0) is 9.68. The number of rotatable bonds is 4. The van der Waals surface area contributed by atoms with E-state index >= 15 is 0 Å². The zero-order valence-electron chi connectivity index (χ0n) is 6.88. The normalized spacial score (nSPS) is 12.4. The highest BCUT2D eigenvalue weighted by molar-refractivity contribution is 8.69. The van der Waals surface area contributed by atoms with Gasteiger partial charge >= 0.3 is 0 Å². The van der Waals surface area contributed by atoms with Crippen molar-refractivity contribution in [3.05, 3.63) is 30.1 Å². The van der Waals surface area contributed by atoms with Gasteiger partial charge in [0.1, 0.15) is 0 Å². The van der Waals surface area contributed by atoms with Gasteiger partial charge in [-0.1, -0.05) is 16.9 Å². The summed E-state index contributed by atoms with van der Waals surface area (Å²) in [5.74, 6) is -0.356. The summed E-state index contributed by atoms with van der Waals surface area (Å²) in [7, 11) is 1.15. The van der Waals surface area contributed by atoms with Crippen molar-refractivity contribution in [3.63, 3.8) is 0 Å². The molecule has 13 heavy (non-hydrogen) atoms. The topological polar surface area (TPSA) is 56.0 Å². The van der Waals surface area contributed by atoms with E-state index in [-0.39, 0.29) is 11.2 Å². The molecule has 1 atom stereocenters. The van der Waals surface area contributed by atoms with E-state index in [0.29, 0.717) is 6.42 Å². The number of nitrogens with zero attached hydrogens (tertiary/aromatic N) is 1. The van der Waals surface area contributed by atoms with Crippen LogP contribution in [0.3, 0.4) is 0 Å². The Hall–Kier alpha value is -0.680. The first-order valence-corrected chi connectivity index (χ1v) is 5.66. The van der Waals surface area contributed by atoms with Crippen LogP contribution in [-0.2, 0) is 11.2 Å². The molecule has 0 saturated carbocycles. The summed E-state index contributed by atoms with van der Waals surface area (Å²) in [4.78, 5) is 15.0. The second kappa shape index (κ2) is 5.14. The number of amides is 1. The summed E-state index contributed by atoms with van der Waals surface area (Å²) >= 11 is 3.97. The summed E-state index contributed by atoms with van der Waals surface area (Å²) in [5.41, 5.74) is 6.01. The summed E-state index contributed by atoms with van der Waals surface area (Å²) in [6, 6.07) is 5.57. The molecule has 0 fully saturated rings. The van der Waals surface area contributed by atoms with Crippen molar-refractivity contribution in [3.8, 4) is 0 Å². The fourth-order valence-corrected chi connectivity index (χ4v) is 1.78. The highest BCUT2D eigenvalue weighted by atomic mass is 33.1. The number of hydrogen-bond donors (Lipinski definition) is 2. The molecular weight excluding hydrogens is 204 g/mol. The molecule has 1 amide bonds. The van der Waals surface area contributed by atoms with E-state index in [1.54, 1.807) is 6.20 Å². The minimum atomic E-state index is -0.356. The molecule has 1 aromatic rings. The Morgan fingerprint density at radius 1 is 1.69 bits per heavy atom. The van der Waals surface area contributed by atoms with Gasteiger partial charge in [0.2, 0.25) is 5.91 Å². The lowest BCUT2D eigenvalue weighted by atomic mass is 10.2. The first-order chi connectivity index (χ1) is 6.24. The summed E-state index contributed by atoms with van der Waals surface area (Å²) in [6.45, 7) is 0. The largest absolute Gasteiger partial charge is 0.369 e. The van der Waals surface area contributed by atoms with Gasteiger partial charge in [-0.15, -0.1) is 11.7 Å². The maximum absolute atomic E-state index is 10.9. The number of nitrogens with two attached hydrogens (primary N) is 1. The summed E-state index contributed by atoms with van der Waals surface area (Å²) in [5, 5.41) is -0.307. The van der Waals surface area contributed by atoms with Gasteiger partial charge < -0.3 is 5.73 Å². The number of pyridine rings is 1. The number of carbonyl (C=O) groups excluding carboxylic acids is 1. The minimum absolute atomic E-state index is 0.307. The molecule has 0 aliphatic carbocycles. The second-order valence-corrected chi connectivity index (χ2v) is 3.93. The van der Waals surface area contributed by atoms with Gasteiger partial charge in [-0.3, -0.25) is 9.78 Å². The molecule has 2 N–H and O–H groups in total. The Balaban J connectivity index is 2.62. The smallest absolute Gasteiger partial charge is 0.231 e. The van der Waals surface area contributed by atoms with E-state index in [2.05, 4.69) is 16.6 Å². The van der Waals surface area contributed by atoms with Crippen molar-refractivity contribution in [2.24, 2.45) is 5.73 Å². The molecule has 1 rings (SSSR count). The first-order valence-electron chi connectivity index (χ1n) is 3.73. The molecular formula is C8H10N2OS2. The van der Waals surface area contributed by atoms with Crippen LogP contribution in [0.5, 0.6) is 0 Å². The Bertz CT molecular complexity index is 279. The highest BCUT2D eigenvalue weighted by Crippen LogP contribution is 2.18. The number of hydrogen-bond acceptors (Lipinski definition) is 4. The van der Waals surface area contributed by atoms with E-state index in [1.807, 2.05) is 18.2 Å². The Kier molecular flexibility index (Phi) is 4.11. The van der Waals surface area contributed by atoms with Crippen LogP contribution >= 0.6 is 22.5 Å². The average molecular weight is 214 g/mol. The lowest BCUT2D eigenvalue weighted by Gasteiger charge is -2.07. The van der Waals surface area contributed by atoms with Gasteiger partial charge in [-0.05, 0) is 12.1 Å². The number of primary amides is 1. The third-order valence-electron chi connectivity index (χ3n) is 1.57. The molecule has 0 spiro atoms. The lowest BCUT2D eigenvalue weighted by molar-refractivity contribution is -0.117. The lowest BCUT2D eigenvalue weighted by Crippen LogP contribution is -2.27. The third-order valence-corrected chi connectivity index (χ3v) is 2.98. The SMILES string of the molecule is NC(=O)C(Cc1ccccn1)SS. The molecule has 3 nitrogen and oxygen atoms in total. The van der Waals surface area contributed by atoms with Crippen molar-refractivity contribution < 1.29 is 4.79 Å². The maximum atomic E-state index is 10.9. The third kappa shape index (κ3) is 3.28. The standard InChI is InChI=1S/C8H10N2OS2/c9-8(11)7(13-12)5-6-3-1-2-4-10-6/h1-4,7,12H,5H2,(H2,9,11). The van der Waals surface area contributed by atoms with Crippen molar-refractivity contribution in [1.29, 1.82) is 0 Å². The van der Waals surface area contributed by atoms with E-state index in [1.165, 1.54) is 0 Å². The van der Waals surface area contributed by atoms with Crippen molar-refractivity contribution in [2.45, 2.75) is 11.7 Å². The van der Waals surface area contributed by atoms with Gasteiger partial charge in [0, 0.05) is 18.3 Å². The molecule has 0 radical (unpaired) electrons. The maximum Gasteiger partial charge on any atom is 0.231 e. The predicted molar refractivity (Wildman–Crippen MR) is 57.5 cm³/mol. The van der Waals surface area contributed by atoms with Gasteiger partial charge in [0.25, 0.3) is 0 Å². The van der Waals surface area contributed by atoms with Gasteiger partial charge in [0.05, 0.1) is 5.25 Å². The monoisotopic (exact) mass is 214 g/mol. The molecule has 5 heteroatoms. The number of aromatic nitrogens is 1. The van der Waals surface area contributed by atoms with Crippen LogP contribution in [0.2, 0.25) is 0 Å². The molecule has 70 valence electrons. The predicted octanol–water partition coefficient (Wildman–Crippen LogP) is 1.06. The summed E-state index contributed by atoms with van der Waals surface area (Å²) in [6.07, 6.45) is 2.22. The van der Waals surface area contributed by atoms with Crippen LogP contribution in [0.25, 0.3) is 0 Å². The van der Waals surface area contributed by atoms with E-state index in [0.717, 1.165) is 16.5 Å². The molecule has 0 aliphatic rings. The fourth-order valence-electron chi connectivity index (χ4n) is 0.899. The first kappa shape index (κ1) is 10.4. The van der Waals surface area contributed by atoms with Crippen LogP contribution in [-0.4, -0.2) is 16.1 Å². The number of carbonyl (C=O) groups is 1. The van der Waals surface area contributed by atoms with Gasteiger partial charge in [-0.2, -0.15) is 0 Å². The molecule has 0 aliphatic heterocycles. The second-order valence-electron chi connectivity index (χ2n) is 2.52. The summed E-state index contributed by atoms with van der Waals surface area (Å²) < 4.78 is 0. The number of thiol groups is 1. The quantitative estimate of drug-likeness (QED) is 0.582. The van der Waals surface area contributed by atoms with Crippen molar-refractivity contribution in [1.82, 2.24) is 4.98 Å². The average Bonchev–Trinajstić information content (AvgIpc) is 2.15. The Morgan fingerprint density at radius 2 is 2.46 bits per heavy atom. The van der Waals surface area contributed by atoms with E-state index in [9.17, 15) is 4.79 Å². The van der Waals surface area contributed by atoms with Crippen molar-refractivity contribution >= 4 is 28.4 Å². The Labute approximate surface area is 85.9 Å². The molecule has 0 saturated heterocycles. The molecule has 1 heterocycles. The van der Waals surface area contributed by atoms with E-state index < -0.39 is 0 Å². The highest BCUT2D eigenvalue weighted by Gasteiger charge is 2.15. The molecule has 1 aromatic heterocycles. The molecule has 1 unspecified atom stereocenters. The van der Waals surface area contributed by atoms with Gasteiger partial charge in [0.15, 0.2) is 0 Å². The van der Waals surface area contributed by atoms with Crippen LogP contribution in [0.4, 0.5) is 0 Å². The van der Waals surface area contributed by atoms with Crippen molar-refractivity contribution in [2.75, 3.05) is 0 Å². The zero-order valence-corrected chi connectivity index (χ0v) is 8.59. The van der Waals surface area contributed by atoms with Crippen LogP contribution in [0.15, 0.2) is 24.4 Å². The van der Waals surface area contributed by atoms with E-state index in [4.69, 9.17) is 5.73 Å². The van der Waals surface area contributed by atoms with Crippen LogP contribution in [0.1, 0.15) is 5.69 Å². The van der Waals surface area contributed by atoms with Crippen LogP contribution < -0.4 is 5.73 Å².